The summed E-state index contributed by atoms with van der Waals surface area (Å²) in [5, 5.41) is 0. The molecule has 0 fully saturated rings. The van der Waals surface area contributed by atoms with Crippen molar-refractivity contribution in [2.75, 3.05) is 5.73 Å². The van der Waals surface area contributed by atoms with Gasteiger partial charge in [-0.15, -0.1) is 0 Å². The first kappa shape index (κ1) is 7.06. The van der Waals surface area contributed by atoms with Crippen molar-refractivity contribution in [1.29, 1.82) is 0 Å². The highest BCUT2D eigenvalue weighted by atomic mass is 19.1. The van der Waals surface area contributed by atoms with Crippen LogP contribution in [0.2, 0.25) is 6.82 Å². The van der Waals surface area contributed by atoms with Gasteiger partial charge in [-0.05, 0) is 17.7 Å². The number of rotatable bonds is 1. The number of hydrogen-bond donors (Lipinski definition) is 1. The average molecular weight is 137 g/mol. The average Bonchev–Trinajstić information content (AvgIpc) is 1.95. The van der Waals surface area contributed by atoms with E-state index in [1.807, 2.05) is 0 Å². The van der Waals surface area contributed by atoms with Gasteiger partial charge in [0.05, 0.1) is 5.69 Å². The second-order valence-corrected chi connectivity index (χ2v) is 1.90. The molecular weight excluding hydrogens is 130 g/mol. The van der Waals surface area contributed by atoms with Crippen LogP contribution in [0.15, 0.2) is 12.1 Å². The molecule has 1 heterocycles. The molecule has 2 nitrogen and oxygen atoms in total. The Morgan fingerprint density at radius 2 is 2.30 bits per heavy atom. The van der Waals surface area contributed by atoms with Crippen LogP contribution in [-0.4, -0.2) is 12.3 Å². The Labute approximate surface area is 59.5 Å². The van der Waals surface area contributed by atoms with Gasteiger partial charge in [0.2, 0.25) is 5.95 Å². The minimum Gasteiger partial charge on any atom is -0.395 e. The second-order valence-electron chi connectivity index (χ2n) is 1.90. The van der Waals surface area contributed by atoms with Gasteiger partial charge in [-0.2, -0.15) is 4.39 Å². The number of anilines is 1. The van der Waals surface area contributed by atoms with E-state index >= 15 is 0 Å². The molecule has 4 heteroatoms. The van der Waals surface area contributed by atoms with Crippen LogP contribution in [0.4, 0.5) is 10.1 Å². The zero-order valence-electron chi connectivity index (χ0n) is 5.63. The number of nitrogens with zero attached hydrogens (tertiary/aromatic N) is 1. The highest BCUT2D eigenvalue weighted by Gasteiger charge is 1.98. The van der Waals surface area contributed by atoms with Gasteiger partial charge in [0, 0.05) is 0 Å². The van der Waals surface area contributed by atoms with Crippen LogP contribution in [0, 0.1) is 5.95 Å². The van der Waals surface area contributed by atoms with Crippen LogP contribution in [0.3, 0.4) is 0 Å². The highest BCUT2D eigenvalue weighted by molar-refractivity contribution is 6.50. The van der Waals surface area contributed by atoms with Crippen molar-refractivity contribution >= 4 is 18.6 Å². The lowest BCUT2D eigenvalue weighted by atomic mass is 9.78. The number of pyridine rings is 1. The molecule has 0 bridgehead atoms. The first-order valence-electron chi connectivity index (χ1n) is 2.95. The topological polar surface area (TPSA) is 38.9 Å². The summed E-state index contributed by atoms with van der Waals surface area (Å²) < 4.78 is 12.5. The summed E-state index contributed by atoms with van der Waals surface area (Å²) in [6, 6.07) is 3.16. The third-order valence-corrected chi connectivity index (χ3v) is 1.19. The fourth-order valence-corrected chi connectivity index (χ4v) is 0.620. The Bertz CT molecular complexity index is 239. The molecule has 0 aliphatic carbocycles. The number of halogens is 1. The first-order valence-corrected chi connectivity index (χ1v) is 2.95. The zero-order valence-corrected chi connectivity index (χ0v) is 5.63. The molecule has 1 radical (unpaired) electrons. The molecule has 51 valence electrons. The third kappa shape index (κ3) is 1.26. The lowest BCUT2D eigenvalue weighted by Gasteiger charge is -1.96. The summed E-state index contributed by atoms with van der Waals surface area (Å²) in [6.45, 7) is 1.79. The fourth-order valence-electron chi connectivity index (χ4n) is 0.620. The van der Waals surface area contributed by atoms with E-state index in [0.717, 1.165) is 0 Å². The molecule has 0 unspecified atom stereocenters. The number of nitrogens with two attached hydrogens (primary N) is 1. The molecule has 1 rings (SSSR count). The third-order valence-electron chi connectivity index (χ3n) is 1.19. The molecule has 0 aliphatic heterocycles. The monoisotopic (exact) mass is 137 g/mol. The summed E-state index contributed by atoms with van der Waals surface area (Å²) >= 11 is 0. The summed E-state index contributed by atoms with van der Waals surface area (Å²) in [7, 11) is 1.71. The predicted molar refractivity (Wildman–Crippen MR) is 39.9 cm³/mol. The van der Waals surface area contributed by atoms with E-state index in [4.69, 9.17) is 5.73 Å². The minimum atomic E-state index is -0.601. The van der Waals surface area contributed by atoms with Gasteiger partial charge in [-0.1, -0.05) is 6.82 Å². The van der Waals surface area contributed by atoms with E-state index in [9.17, 15) is 4.39 Å². The zero-order chi connectivity index (χ0) is 7.56. The van der Waals surface area contributed by atoms with Crippen LogP contribution >= 0.6 is 0 Å². The molecule has 0 amide bonds. The van der Waals surface area contributed by atoms with Crippen molar-refractivity contribution in [3.05, 3.63) is 18.1 Å². The van der Waals surface area contributed by atoms with E-state index in [1.54, 1.807) is 20.2 Å². The van der Waals surface area contributed by atoms with Crippen molar-refractivity contribution in [2.24, 2.45) is 0 Å². The SMILES string of the molecule is C[B]c1ccc(N)c(F)n1. The Morgan fingerprint density at radius 1 is 1.60 bits per heavy atom. The Morgan fingerprint density at radius 3 is 2.80 bits per heavy atom. The van der Waals surface area contributed by atoms with Crippen molar-refractivity contribution in [3.8, 4) is 0 Å². The van der Waals surface area contributed by atoms with Crippen LogP contribution < -0.4 is 11.3 Å². The maximum Gasteiger partial charge on any atom is 0.235 e. The van der Waals surface area contributed by atoms with E-state index in [2.05, 4.69) is 4.98 Å². The Hall–Kier alpha value is -1.06. The van der Waals surface area contributed by atoms with E-state index < -0.39 is 5.95 Å². The minimum absolute atomic E-state index is 0.0885. The molecule has 0 aromatic carbocycles. The van der Waals surface area contributed by atoms with Crippen LogP contribution in [-0.2, 0) is 0 Å². The maximum absolute atomic E-state index is 12.5. The van der Waals surface area contributed by atoms with Crippen LogP contribution in [0.1, 0.15) is 0 Å². The second kappa shape index (κ2) is 2.69. The fraction of sp³-hybridized carbons (Fsp3) is 0.167. The largest absolute Gasteiger partial charge is 0.395 e. The first-order chi connectivity index (χ1) is 4.74. The normalized spacial score (nSPS) is 9.40. The molecule has 10 heavy (non-hydrogen) atoms. The van der Waals surface area contributed by atoms with Gasteiger partial charge < -0.3 is 5.73 Å². The van der Waals surface area contributed by atoms with E-state index in [-0.39, 0.29) is 5.69 Å². The van der Waals surface area contributed by atoms with E-state index in [1.165, 1.54) is 6.07 Å². The molecule has 1 aromatic heterocycles. The number of aromatic nitrogens is 1. The molecule has 0 spiro atoms. The predicted octanol–water partition coefficient (Wildman–Crippen LogP) is 0.180. The Balaban J connectivity index is 3.04. The van der Waals surface area contributed by atoms with Gasteiger partial charge >= 0.3 is 0 Å². The van der Waals surface area contributed by atoms with Crippen molar-refractivity contribution < 1.29 is 4.39 Å². The van der Waals surface area contributed by atoms with Crippen molar-refractivity contribution in [1.82, 2.24) is 4.98 Å². The van der Waals surface area contributed by atoms with E-state index in [0.29, 0.717) is 5.59 Å². The standard InChI is InChI=1S/C6H7BFN2/c1-7-5-3-2-4(9)6(8)10-5/h2-3H,9H2,1H3. The summed E-state index contributed by atoms with van der Waals surface area (Å²) in [5.74, 6) is -0.601. The molecule has 0 atom stereocenters. The number of hydrogen-bond acceptors (Lipinski definition) is 2. The molecule has 0 saturated carbocycles. The summed E-state index contributed by atoms with van der Waals surface area (Å²) in [6.07, 6.45) is 0. The summed E-state index contributed by atoms with van der Waals surface area (Å²) in [5.41, 5.74) is 5.88. The molecular formula is C6H7BFN2. The molecule has 2 N–H and O–H groups in total. The summed E-state index contributed by atoms with van der Waals surface area (Å²) in [4.78, 5) is 3.54. The smallest absolute Gasteiger partial charge is 0.235 e. The van der Waals surface area contributed by atoms with Gasteiger partial charge in [0.1, 0.15) is 0 Å². The molecule has 0 saturated heterocycles. The van der Waals surface area contributed by atoms with Crippen LogP contribution in [0.25, 0.3) is 0 Å². The molecule has 1 aromatic rings. The van der Waals surface area contributed by atoms with Gasteiger partial charge in [0.15, 0.2) is 7.28 Å². The lowest BCUT2D eigenvalue weighted by Crippen LogP contribution is -2.17. The van der Waals surface area contributed by atoms with Crippen LogP contribution in [0.5, 0.6) is 0 Å². The number of nitrogen functional groups attached to an aromatic ring is 1. The lowest BCUT2D eigenvalue weighted by molar-refractivity contribution is 0.592. The van der Waals surface area contributed by atoms with Gasteiger partial charge in [-0.3, -0.25) is 0 Å². The maximum atomic E-state index is 12.5. The molecule has 0 aliphatic rings. The van der Waals surface area contributed by atoms with Gasteiger partial charge in [0.25, 0.3) is 0 Å². The van der Waals surface area contributed by atoms with Gasteiger partial charge in [-0.25, -0.2) is 4.98 Å². The quantitative estimate of drug-likeness (QED) is 0.442. The van der Waals surface area contributed by atoms with Crippen molar-refractivity contribution in [3.63, 3.8) is 0 Å². The van der Waals surface area contributed by atoms with Crippen molar-refractivity contribution in [2.45, 2.75) is 6.82 Å². The Kier molecular flexibility index (Phi) is 1.90. The highest BCUT2D eigenvalue weighted by Crippen LogP contribution is 2.01.